The lowest BCUT2D eigenvalue weighted by molar-refractivity contribution is 0.308. The first-order chi connectivity index (χ1) is 9.19. The summed E-state index contributed by atoms with van der Waals surface area (Å²) in [5, 5.41) is 1.30. The summed E-state index contributed by atoms with van der Waals surface area (Å²) in [5.41, 5.74) is 3.89. The second kappa shape index (κ2) is 6.11. The van der Waals surface area contributed by atoms with Crippen LogP contribution in [0.3, 0.4) is 0 Å². The molecule has 0 spiro atoms. The molecule has 0 bridgehead atoms. The second-order valence-electron chi connectivity index (χ2n) is 4.92. The van der Waals surface area contributed by atoms with Crippen LogP contribution in [0.2, 0.25) is 0 Å². The van der Waals surface area contributed by atoms with E-state index in [4.69, 9.17) is 4.74 Å². The van der Waals surface area contributed by atoms with Crippen LogP contribution in [0.5, 0.6) is 5.75 Å². The van der Waals surface area contributed by atoms with Gasteiger partial charge in [-0.2, -0.15) is 0 Å². The SMILES string of the molecule is CCN(CC)CCc1c(C)[nH]c2ccc(OC)cc12. The highest BCUT2D eigenvalue weighted by Gasteiger charge is 2.10. The number of likely N-dealkylation sites (N-methyl/N-ethyl adjacent to an activating group) is 1. The van der Waals surface area contributed by atoms with Gasteiger partial charge in [-0.15, -0.1) is 0 Å². The first-order valence-electron chi connectivity index (χ1n) is 7.07. The predicted octanol–water partition coefficient (Wildman–Crippen LogP) is 3.37. The molecule has 1 N–H and O–H groups in total. The number of aromatic amines is 1. The maximum absolute atomic E-state index is 5.33. The number of methoxy groups -OCH3 is 1. The summed E-state index contributed by atoms with van der Waals surface area (Å²) >= 11 is 0. The Hall–Kier alpha value is -1.48. The first-order valence-corrected chi connectivity index (χ1v) is 7.07. The van der Waals surface area contributed by atoms with Gasteiger partial charge in [0.2, 0.25) is 0 Å². The Kier molecular flexibility index (Phi) is 4.48. The van der Waals surface area contributed by atoms with E-state index < -0.39 is 0 Å². The van der Waals surface area contributed by atoms with E-state index in [9.17, 15) is 0 Å². The molecular weight excluding hydrogens is 236 g/mol. The number of rotatable bonds is 6. The lowest BCUT2D eigenvalue weighted by atomic mass is 10.1. The Morgan fingerprint density at radius 2 is 1.95 bits per heavy atom. The Morgan fingerprint density at radius 1 is 1.21 bits per heavy atom. The molecule has 0 saturated heterocycles. The van der Waals surface area contributed by atoms with Crippen LogP contribution >= 0.6 is 0 Å². The summed E-state index contributed by atoms with van der Waals surface area (Å²) in [6.45, 7) is 9.92. The van der Waals surface area contributed by atoms with Crippen LogP contribution in [0.1, 0.15) is 25.1 Å². The van der Waals surface area contributed by atoms with Crippen molar-refractivity contribution in [2.45, 2.75) is 27.2 Å². The molecule has 0 fully saturated rings. The molecule has 1 heterocycles. The maximum atomic E-state index is 5.33. The van der Waals surface area contributed by atoms with Crippen molar-refractivity contribution >= 4 is 10.9 Å². The van der Waals surface area contributed by atoms with Crippen LogP contribution in [0, 0.1) is 6.92 Å². The van der Waals surface area contributed by atoms with Gasteiger partial charge in [0.25, 0.3) is 0 Å². The third-order valence-electron chi connectivity index (χ3n) is 3.90. The van der Waals surface area contributed by atoms with Crippen LogP contribution in [0.4, 0.5) is 0 Å². The molecule has 0 saturated carbocycles. The Bertz CT molecular complexity index is 541. The van der Waals surface area contributed by atoms with Crippen molar-refractivity contribution in [3.8, 4) is 5.75 Å². The fourth-order valence-corrected chi connectivity index (χ4v) is 2.62. The number of benzene rings is 1. The van der Waals surface area contributed by atoms with Crippen molar-refractivity contribution in [1.82, 2.24) is 9.88 Å². The number of H-pyrrole nitrogens is 1. The Morgan fingerprint density at radius 3 is 2.58 bits per heavy atom. The molecule has 2 aromatic rings. The summed E-state index contributed by atoms with van der Waals surface area (Å²) in [4.78, 5) is 5.92. The zero-order valence-electron chi connectivity index (χ0n) is 12.4. The molecule has 1 aromatic heterocycles. The lowest BCUT2D eigenvalue weighted by Crippen LogP contribution is -2.25. The minimum Gasteiger partial charge on any atom is -0.497 e. The molecule has 0 atom stereocenters. The fraction of sp³-hybridized carbons (Fsp3) is 0.500. The molecule has 104 valence electrons. The molecule has 0 aliphatic carbocycles. The van der Waals surface area contributed by atoms with E-state index in [0.717, 1.165) is 31.8 Å². The zero-order chi connectivity index (χ0) is 13.8. The number of hydrogen-bond acceptors (Lipinski definition) is 2. The average Bonchev–Trinajstić information content (AvgIpc) is 2.75. The van der Waals surface area contributed by atoms with E-state index in [-0.39, 0.29) is 0 Å². The predicted molar refractivity (Wildman–Crippen MR) is 81.1 cm³/mol. The van der Waals surface area contributed by atoms with Crippen LogP contribution in [0.15, 0.2) is 18.2 Å². The molecule has 0 unspecified atom stereocenters. The summed E-state index contributed by atoms with van der Waals surface area (Å²) in [5.74, 6) is 0.926. The standard InChI is InChI=1S/C16H24N2O/c1-5-18(6-2)10-9-14-12(3)17-16-8-7-13(19-4)11-15(14)16/h7-8,11,17H,5-6,9-10H2,1-4H3. The van der Waals surface area contributed by atoms with Crippen LogP contribution in [-0.2, 0) is 6.42 Å². The van der Waals surface area contributed by atoms with E-state index in [0.29, 0.717) is 0 Å². The fourth-order valence-electron chi connectivity index (χ4n) is 2.62. The highest BCUT2D eigenvalue weighted by atomic mass is 16.5. The molecular formula is C16H24N2O. The minimum absolute atomic E-state index is 0.926. The van der Waals surface area contributed by atoms with Crippen LogP contribution in [-0.4, -0.2) is 36.6 Å². The molecule has 1 aromatic carbocycles. The summed E-state index contributed by atoms with van der Waals surface area (Å²) in [7, 11) is 1.72. The molecule has 2 rings (SSSR count). The quantitative estimate of drug-likeness (QED) is 0.862. The van der Waals surface area contributed by atoms with Crippen molar-refractivity contribution < 1.29 is 4.74 Å². The van der Waals surface area contributed by atoms with Crippen LogP contribution < -0.4 is 4.74 Å². The molecule has 0 radical (unpaired) electrons. The molecule has 0 aliphatic rings. The van der Waals surface area contributed by atoms with Gasteiger partial charge in [-0.25, -0.2) is 0 Å². The zero-order valence-corrected chi connectivity index (χ0v) is 12.4. The molecule has 3 nitrogen and oxygen atoms in total. The van der Waals surface area contributed by atoms with Gasteiger partial charge in [0.15, 0.2) is 0 Å². The number of ether oxygens (including phenoxy) is 1. The van der Waals surface area contributed by atoms with Gasteiger partial charge in [-0.05, 0) is 50.2 Å². The summed E-state index contributed by atoms with van der Waals surface area (Å²) in [6, 6.07) is 6.24. The number of fused-ring (bicyclic) bond motifs is 1. The second-order valence-corrected chi connectivity index (χ2v) is 4.92. The number of hydrogen-bond donors (Lipinski definition) is 1. The minimum atomic E-state index is 0.926. The van der Waals surface area contributed by atoms with Gasteiger partial charge in [0.05, 0.1) is 7.11 Å². The van der Waals surface area contributed by atoms with Crippen molar-refractivity contribution in [2.75, 3.05) is 26.7 Å². The van der Waals surface area contributed by atoms with Crippen molar-refractivity contribution in [2.24, 2.45) is 0 Å². The molecule has 0 aliphatic heterocycles. The maximum Gasteiger partial charge on any atom is 0.119 e. The third kappa shape index (κ3) is 2.92. The highest BCUT2D eigenvalue weighted by Crippen LogP contribution is 2.26. The van der Waals surface area contributed by atoms with Crippen LogP contribution in [0.25, 0.3) is 10.9 Å². The van der Waals surface area contributed by atoms with Crippen molar-refractivity contribution in [3.63, 3.8) is 0 Å². The monoisotopic (exact) mass is 260 g/mol. The van der Waals surface area contributed by atoms with E-state index in [1.165, 1.54) is 22.2 Å². The normalized spacial score (nSPS) is 11.4. The number of nitrogens with zero attached hydrogens (tertiary/aromatic N) is 1. The van der Waals surface area contributed by atoms with Crippen molar-refractivity contribution in [3.05, 3.63) is 29.5 Å². The Labute approximate surface area is 115 Å². The van der Waals surface area contributed by atoms with E-state index >= 15 is 0 Å². The topological polar surface area (TPSA) is 28.3 Å². The van der Waals surface area contributed by atoms with Gasteiger partial charge in [-0.1, -0.05) is 13.8 Å². The molecule has 19 heavy (non-hydrogen) atoms. The molecule has 3 heteroatoms. The van der Waals surface area contributed by atoms with E-state index in [1.54, 1.807) is 7.11 Å². The summed E-state index contributed by atoms with van der Waals surface area (Å²) < 4.78 is 5.33. The van der Waals surface area contributed by atoms with E-state index in [2.05, 4.69) is 42.8 Å². The van der Waals surface area contributed by atoms with Gasteiger partial charge in [0.1, 0.15) is 5.75 Å². The largest absolute Gasteiger partial charge is 0.497 e. The number of aryl methyl sites for hydroxylation is 1. The Balaban J connectivity index is 2.28. The van der Waals surface area contributed by atoms with Gasteiger partial charge in [0, 0.05) is 23.1 Å². The lowest BCUT2D eigenvalue weighted by Gasteiger charge is -2.17. The van der Waals surface area contributed by atoms with Gasteiger partial charge in [-0.3, -0.25) is 0 Å². The smallest absolute Gasteiger partial charge is 0.119 e. The number of aromatic nitrogens is 1. The van der Waals surface area contributed by atoms with Gasteiger partial charge >= 0.3 is 0 Å². The first kappa shape index (κ1) is 13.9. The van der Waals surface area contributed by atoms with Crippen molar-refractivity contribution in [1.29, 1.82) is 0 Å². The average molecular weight is 260 g/mol. The number of nitrogens with one attached hydrogen (secondary N) is 1. The highest BCUT2D eigenvalue weighted by molar-refractivity contribution is 5.86. The molecule has 0 amide bonds. The van der Waals surface area contributed by atoms with Gasteiger partial charge < -0.3 is 14.6 Å². The third-order valence-corrected chi connectivity index (χ3v) is 3.90. The summed E-state index contributed by atoms with van der Waals surface area (Å²) in [6.07, 6.45) is 1.08. The van der Waals surface area contributed by atoms with E-state index in [1.807, 2.05) is 6.07 Å².